The van der Waals surface area contributed by atoms with Crippen molar-refractivity contribution in [3.05, 3.63) is 66.0 Å². The molecule has 0 bridgehead atoms. The maximum absolute atomic E-state index is 13.0. The lowest BCUT2D eigenvalue weighted by atomic mass is 10.2. The molecule has 0 spiro atoms. The molecule has 0 aromatic heterocycles. The Hall–Kier alpha value is -2.11. The molecule has 0 heterocycles. The molecule has 5 heteroatoms. The van der Waals surface area contributed by atoms with Gasteiger partial charge in [-0.25, -0.2) is 4.39 Å². The molecule has 0 atom stereocenters. The highest BCUT2D eigenvalue weighted by molar-refractivity contribution is 7.99. The second-order valence-electron chi connectivity index (χ2n) is 6.23. The highest BCUT2D eigenvalue weighted by atomic mass is 32.2. The summed E-state index contributed by atoms with van der Waals surface area (Å²) in [6.45, 7) is 1.71. The Bertz CT molecular complexity index is 729. The van der Waals surface area contributed by atoms with Crippen LogP contribution in [0.15, 0.2) is 64.4 Å². The number of nitrogens with zero attached hydrogens (tertiary/aromatic N) is 1. The average molecular weight is 373 g/mol. The van der Waals surface area contributed by atoms with Crippen molar-refractivity contribution in [2.45, 2.75) is 22.6 Å². The number of hydrogen-bond acceptors (Lipinski definition) is 3. The Morgan fingerprint density at radius 3 is 2.58 bits per heavy atom. The van der Waals surface area contributed by atoms with Crippen LogP contribution in [0.1, 0.15) is 18.4 Å². The Kier molecular flexibility index (Phi) is 8.38. The minimum absolute atomic E-state index is 0.0866. The number of benzene rings is 2. The fourth-order valence-corrected chi connectivity index (χ4v) is 3.26. The number of carbonyl (C=O) groups is 1. The van der Waals surface area contributed by atoms with Crippen LogP contribution in [-0.4, -0.2) is 38.0 Å². The van der Waals surface area contributed by atoms with Gasteiger partial charge in [-0.2, -0.15) is 0 Å². The fourth-order valence-electron chi connectivity index (χ4n) is 2.33. The largest absolute Gasteiger partial charge is 0.353 e. The maximum Gasteiger partial charge on any atom is 0.243 e. The first-order valence-electron chi connectivity index (χ1n) is 8.67. The lowest BCUT2D eigenvalue weighted by Crippen LogP contribution is -2.23. The highest BCUT2D eigenvalue weighted by Gasteiger charge is 2.03. The number of hydrogen-bond donors (Lipinski definition) is 1. The van der Waals surface area contributed by atoms with Crippen LogP contribution in [0.25, 0.3) is 6.08 Å². The summed E-state index contributed by atoms with van der Waals surface area (Å²) in [5, 5.41) is 2.91. The summed E-state index contributed by atoms with van der Waals surface area (Å²) < 4.78 is 13.0. The van der Waals surface area contributed by atoms with Crippen molar-refractivity contribution >= 4 is 23.7 Å². The van der Waals surface area contributed by atoms with Gasteiger partial charge in [0.1, 0.15) is 5.82 Å². The van der Waals surface area contributed by atoms with Crippen molar-refractivity contribution in [1.82, 2.24) is 10.2 Å². The molecular weight excluding hydrogens is 347 g/mol. The Morgan fingerprint density at radius 2 is 1.85 bits per heavy atom. The number of carbonyl (C=O) groups excluding carboxylic acids is 1. The molecule has 138 valence electrons. The second kappa shape index (κ2) is 10.8. The van der Waals surface area contributed by atoms with E-state index in [1.807, 2.05) is 44.4 Å². The minimum Gasteiger partial charge on any atom is -0.353 e. The van der Waals surface area contributed by atoms with Gasteiger partial charge in [0.15, 0.2) is 0 Å². The molecule has 0 aliphatic carbocycles. The van der Waals surface area contributed by atoms with E-state index in [4.69, 9.17) is 0 Å². The molecule has 0 aliphatic heterocycles. The number of rotatable bonds is 9. The molecule has 2 rings (SSSR count). The zero-order valence-electron chi connectivity index (χ0n) is 15.2. The predicted molar refractivity (Wildman–Crippen MR) is 107 cm³/mol. The molecular formula is C21H25FN2OS. The van der Waals surface area contributed by atoms with E-state index in [-0.39, 0.29) is 11.7 Å². The van der Waals surface area contributed by atoms with Crippen LogP contribution < -0.4 is 5.32 Å². The molecule has 0 radical (unpaired) electrons. The van der Waals surface area contributed by atoms with Crippen LogP contribution in [0.2, 0.25) is 0 Å². The quantitative estimate of drug-likeness (QED) is 0.521. The van der Waals surface area contributed by atoms with Gasteiger partial charge in [0.05, 0.1) is 0 Å². The summed E-state index contributed by atoms with van der Waals surface area (Å²) in [6.07, 6.45) is 5.42. The van der Waals surface area contributed by atoms with Crippen molar-refractivity contribution in [3.63, 3.8) is 0 Å². The van der Waals surface area contributed by atoms with Crippen LogP contribution in [0, 0.1) is 5.82 Å². The van der Waals surface area contributed by atoms with E-state index in [9.17, 15) is 9.18 Å². The summed E-state index contributed by atoms with van der Waals surface area (Å²) in [5.74, 6) is -0.332. The van der Waals surface area contributed by atoms with Crippen LogP contribution >= 0.6 is 11.8 Å². The smallest absolute Gasteiger partial charge is 0.243 e. The lowest BCUT2D eigenvalue weighted by molar-refractivity contribution is -0.116. The van der Waals surface area contributed by atoms with Crippen molar-refractivity contribution in [3.8, 4) is 0 Å². The van der Waals surface area contributed by atoms with E-state index in [0.717, 1.165) is 34.7 Å². The third kappa shape index (κ3) is 7.42. The van der Waals surface area contributed by atoms with Crippen molar-refractivity contribution in [2.24, 2.45) is 0 Å². The lowest BCUT2D eigenvalue weighted by Gasteiger charge is -2.08. The van der Waals surface area contributed by atoms with Crippen molar-refractivity contribution in [2.75, 3.05) is 27.2 Å². The third-order valence-corrected chi connectivity index (χ3v) is 4.81. The molecule has 1 N–H and O–H groups in total. The van der Waals surface area contributed by atoms with E-state index in [1.54, 1.807) is 30.0 Å². The monoisotopic (exact) mass is 372 g/mol. The molecule has 0 saturated carbocycles. The highest BCUT2D eigenvalue weighted by Crippen LogP contribution is 2.31. The first kappa shape index (κ1) is 20.2. The zero-order chi connectivity index (χ0) is 18.8. The minimum atomic E-state index is -0.246. The predicted octanol–water partition coefficient (Wildman–Crippen LogP) is 4.45. The second-order valence-corrected chi connectivity index (χ2v) is 7.34. The maximum atomic E-state index is 13.0. The number of nitrogens with one attached hydrogen (secondary N) is 1. The Labute approximate surface area is 159 Å². The Morgan fingerprint density at radius 1 is 1.12 bits per heavy atom. The van der Waals surface area contributed by atoms with Gasteiger partial charge in [0.25, 0.3) is 0 Å². The van der Waals surface area contributed by atoms with E-state index < -0.39 is 0 Å². The summed E-state index contributed by atoms with van der Waals surface area (Å²) in [4.78, 5) is 16.1. The Balaban J connectivity index is 1.89. The van der Waals surface area contributed by atoms with Gasteiger partial charge in [-0.15, -0.1) is 0 Å². The number of amides is 1. The van der Waals surface area contributed by atoms with Gasteiger partial charge in [-0.05, 0) is 75.5 Å². The van der Waals surface area contributed by atoms with Crippen molar-refractivity contribution in [1.29, 1.82) is 0 Å². The molecule has 0 saturated heterocycles. The standard InChI is InChI=1S/C21H25FN2OS/c1-24(2)16-6-5-15-23-21(25)14-9-17-7-3-4-8-20(17)26-19-12-10-18(22)11-13-19/h3-4,7-14H,5-6,15-16H2,1-2H3,(H,23,25)/b14-9+. The van der Waals surface area contributed by atoms with Gasteiger partial charge in [0.2, 0.25) is 5.91 Å². The first-order chi connectivity index (χ1) is 12.5. The average Bonchev–Trinajstić information content (AvgIpc) is 2.62. The third-order valence-electron chi connectivity index (χ3n) is 3.71. The van der Waals surface area contributed by atoms with Crippen LogP contribution in [0.3, 0.4) is 0 Å². The topological polar surface area (TPSA) is 32.3 Å². The van der Waals surface area contributed by atoms with Crippen LogP contribution in [-0.2, 0) is 4.79 Å². The van der Waals surface area contributed by atoms with Gasteiger partial charge in [-0.1, -0.05) is 30.0 Å². The molecule has 0 fully saturated rings. The van der Waals surface area contributed by atoms with E-state index >= 15 is 0 Å². The number of unbranched alkanes of at least 4 members (excludes halogenated alkanes) is 1. The molecule has 2 aromatic carbocycles. The van der Waals surface area contributed by atoms with Crippen LogP contribution in [0.4, 0.5) is 4.39 Å². The molecule has 0 unspecified atom stereocenters. The summed E-state index contributed by atoms with van der Waals surface area (Å²) in [7, 11) is 4.09. The van der Waals surface area contributed by atoms with Gasteiger partial charge >= 0.3 is 0 Å². The fraction of sp³-hybridized carbons (Fsp3) is 0.286. The SMILES string of the molecule is CN(C)CCCCNC(=O)/C=C/c1ccccc1Sc1ccc(F)cc1. The van der Waals surface area contributed by atoms with Gasteiger partial charge in [0, 0.05) is 22.4 Å². The normalized spacial score (nSPS) is 11.2. The van der Waals surface area contributed by atoms with E-state index in [1.165, 1.54) is 12.1 Å². The number of halogens is 1. The van der Waals surface area contributed by atoms with Gasteiger partial charge in [-0.3, -0.25) is 4.79 Å². The molecule has 26 heavy (non-hydrogen) atoms. The summed E-state index contributed by atoms with van der Waals surface area (Å²) in [5.41, 5.74) is 0.963. The molecule has 1 amide bonds. The van der Waals surface area contributed by atoms with Crippen LogP contribution in [0.5, 0.6) is 0 Å². The summed E-state index contributed by atoms with van der Waals surface area (Å²) >= 11 is 1.55. The van der Waals surface area contributed by atoms with E-state index in [2.05, 4.69) is 10.2 Å². The first-order valence-corrected chi connectivity index (χ1v) is 9.49. The van der Waals surface area contributed by atoms with Crippen molar-refractivity contribution < 1.29 is 9.18 Å². The van der Waals surface area contributed by atoms with E-state index in [0.29, 0.717) is 6.54 Å². The molecule has 2 aromatic rings. The molecule has 3 nitrogen and oxygen atoms in total. The molecule has 0 aliphatic rings. The van der Waals surface area contributed by atoms with Gasteiger partial charge < -0.3 is 10.2 Å². The zero-order valence-corrected chi connectivity index (χ0v) is 16.1. The summed E-state index contributed by atoms with van der Waals surface area (Å²) in [6, 6.07) is 14.2.